The van der Waals surface area contributed by atoms with Crippen LogP contribution in [-0.2, 0) is 0 Å². The number of likely N-dealkylation sites (tertiary alicyclic amines) is 1. The molecule has 1 saturated heterocycles. The Morgan fingerprint density at radius 3 is 2.66 bits per heavy atom. The minimum Gasteiger partial charge on any atom is -0.488 e. The van der Waals surface area contributed by atoms with Gasteiger partial charge in [0.25, 0.3) is 0 Å². The Kier molecular flexibility index (Phi) is 5.57. The molecule has 2 aromatic carbocycles. The van der Waals surface area contributed by atoms with E-state index in [0.29, 0.717) is 17.6 Å². The van der Waals surface area contributed by atoms with E-state index in [2.05, 4.69) is 35.2 Å². The number of thioether (sulfide) groups is 1. The summed E-state index contributed by atoms with van der Waals surface area (Å²) in [5, 5.41) is 10.7. The van der Waals surface area contributed by atoms with Gasteiger partial charge in [-0.3, -0.25) is 0 Å². The van der Waals surface area contributed by atoms with E-state index < -0.39 is 6.10 Å². The van der Waals surface area contributed by atoms with Crippen molar-refractivity contribution >= 4 is 11.8 Å². The van der Waals surface area contributed by atoms with Gasteiger partial charge in [-0.25, -0.2) is 0 Å². The van der Waals surface area contributed by atoms with Gasteiger partial charge in [0, 0.05) is 36.3 Å². The van der Waals surface area contributed by atoms with Crippen LogP contribution in [0.4, 0.5) is 0 Å². The Hall–Kier alpha value is -1.89. The highest BCUT2D eigenvalue weighted by molar-refractivity contribution is 7.99. The molecule has 0 amide bonds. The highest BCUT2D eigenvalue weighted by Gasteiger charge is 2.42. The van der Waals surface area contributed by atoms with Crippen LogP contribution in [0.5, 0.6) is 17.2 Å². The number of fused-ring (bicyclic) bond motifs is 2. The zero-order valence-corrected chi connectivity index (χ0v) is 17.2. The molecule has 1 aliphatic carbocycles. The summed E-state index contributed by atoms with van der Waals surface area (Å²) in [5.41, 5.74) is 0. The summed E-state index contributed by atoms with van der Waals surface area (Å²) < 4.78 is 17.0. The largest absolute Gasteiger partial charge is 0.488 e. The quantitative estimate of drug-likeness (QED) is 0.730. The predicted molar refractivity (Wildman–Crippen MR) is 113 cm³/mol. The molecule has 2 aromatic rings. The van der Waals surface area contributed by atoms with Gasteiger partial charge in [0.2, 0.25) is 6.79 Å². The van der Waals surface area contributed by atoms with E-state index in [9.17, 15) is 5.11 Å². The van der Waals surface area contributed by atoms with Crippen molar-refractivity contribution in [2.75, 3.05) is 32.2 Å². The zero-order chi connectivity index (χ0) is 19.6. The van der Waals surface area contributed by atoms with Crippen molar-refractivity contribution in [3.63, 3.8) is 0 Å². The van der Waals surface area contributed by atoms with Crippen LogP contribution >= 0.6 is 11.8 Å². The molecule has 1 N–H and O–H groups in total. The summed E-state index contributed by atoms with van der Waals surface area (Å²) in [4.78, 5) is 3.89. The Labute approximate surface area is 176 Å². The summed E-state index contributed by atoms with van der Waals surface area (Å²) in [6, 6.07) is 16.2. The summed E-state index contributed by atoms with van der Waals surface area (Å²) >= 11 is 1.92. The van der Waals surface area contributed by atoms with Gasteiger partial charge >= 0.3 is 0 Å². The van der Waals surface area contributed by atoms with Crippen LogP contribution in [0.2, 0.25) is 0 Å². The van der Waals surface area contributed by atoms with Crippen LogP contribution < -0.4 is 14.2 Å². The van der Waals surface area contributed by atoms with Gasteiger partial charge in [0.05, 0.1) is 6.10 Å². The first kappa shape index (κ1) is 19.1. The van der Waals surface area contributed by atoms with E-state index in [0.717, 1.165) is 49.7 Å². The fourth-order valence-electron chi connectivity index (χ4n) is 4.73. The van der Waals surface area contributed by atoms with Crippen molar-refractivity contribution in [3.8, 4) is 17.2 Å². The number of hydrogen-bond acceptors (Lipinski definition) is 6. The molecule has 4 atom stereocenters. The second-order valence-corrected chi connectivity index (χ2v) is 9.32. The molecule has 5 rings (SSSR count). The molecule has 0 aromatic heterocycles. The third kappa shape index (κ3) is 4.34. The molecule has 2 aliphatic heterocycles. The first-order chi connectivity index (χ1) is 14.2. The van der Waals surface area contributed by atoms with E-state index in [1.165, 1.54) is 4.90 Å². The standard InChI is InChI=1S/C23H27NO4S/c25-20-10-16-13-24(8-9-29-19-4-2-1-3-5-19)14-17(16)11-22(20)28-18-6-7-21-23(12-18)27-15-26-21/h1-7,12,16-17,20,22,25H,8-11,13-15H2/t16-,17+,20+,22+/m0/s1. The van der Waals surface area contributed by atoms with Crippen LogP contribution in [0.3, 0.4) is 0 Å². The predicted octanol–water partition coefficient (Wildman–Crippen LogP) is 3.66. The lowest BCUT2D eigenvalue weighted by molar-refractivity contribution is -0.0232. The molecule has 1 saturated carbocycles. The molecule has 2 fully saturated rings. The first-order valence-electron chi connectivity index (χ1n) is 10.4. The van der Waals surface area contributed by atoms with Crippen LogP contribution in [0.15, 0.2) is 53.4 Å². The molecule has 3 aliphatic rings. The normalized spacial score (nSPS) is 28.3. The van der Waals surface area contributed by atoms with E-state index in [1.54, 1.807) is 0 Å². The lowest BCUT2D eigenvalue weighted by Crippen LogP contribution is -2.42. The van der Waals surface area contributed by atoms with Crippen molar-refractivity contribution in [2.24, 2.45) is 11.8 Å². The molecule has 0 radical (unpaired) electrons. The van der Waals surface area contributed by atoms with E-state index in [4.69, 9.17) is 14.2 Å². The Morgan fingerprint density at radius 2 is 1.79 bits per heavy atom. The molecule has 0 unspecified atom stereocenters. The Bertz CT molecular complexity index is 833. The molecule has 29 heavy (non-hydrogen) atoms. The number of ether oxygens (including phenoxy) is 3. The number of rotatable bonds is 6. The monoisotopic (exact) mass is 413 g/mol. The third-order valence-electron chi connectivity index (χ3n) is 6.21. The average Bonchev–Trinajstić information content (AvgIpc) is 3.35. The third-order valence-corrected chi connectivity index (χ3v) is 7.20. The van der Waals surface area contributed by atoms with Gasteiger partial charge in [-0.15, -0.1) is 11.8 Å². The molecule has 0 spiro atoms. The Morgan fingerprint density at radius 1 is 1.00 bits per heavy atom. The second-order valence-electron chi connectivity index (χ2n) is 8.15. The second kappa shape index (κ2) is 8.46. The van der Waals surface area contributed by atoms with Crippen LogP contribution in [0.1, 0.15) is 12.8 Å². The maximum absolute atomic E-state index is 10.7. The van der Waals surface area contributed by atoms with Crippen LogP contribution in [0, 0.1) is 11.8 Å². The minimum absolute atomic E-state index is 0.157. The number of benzene rings is 2. The number of aliphatic hydroxyl groups is 1. The van der Waals surface area contributed by atoms with Crippen molar-refractivity contribution in [1.29, 1.82) is 0 Å². The van der Waals surface area contributed by atoms with Crippen molar-refractivity contribution in [3.05, 3.63) is 48.5 Å². The molecule has 154 valence electrons. The minimum atomic E-state index is -0.416. The maximum atomic E-state index is 10.7. The fourth-order valence-corrected chi connectivity index (χ4v) is 5.67. The molecule has 5 nitrogen and oxygen atoms in total. The lowest BCUT2D eigenvalue weighted by Gasteiger charge is -2.35. The molecule has 6 heteroatoms. The number of aliphatic hydroxyl groups excluding tert-OH is 1. The Balaban J connectivity index is 1.14. The number of nitrogens with zero attached hydrogens (tertiary/aromatic N) is 1. The smallest absolute Gasteiger partial charge is 0.231 e. The van der Waals surface area contributed by atoms with E-state index in [-0.39, 0.29) is 12.9 Å². The number of hydrogen-bond donors (Lipinski definition) is 1. The van der Waals surface area contributed by atoms with E-state index in [1.807, 2.05) is 30.0 Å². The van der Waals surface area contributed by atoms with Crippen molar-refractivity contribution in [2.45, 2.75) is 29.9 Å². The lowest BCUT2D eigenvalue weighted by atomic mass is 9.78. The van der Waals surface area contributed by atoms with Gasteiger partial charge in [-0.1, -0.05) is 18.2 Å². The molecular weight excluding hydrogens is 386 g/mol. The highest BCUT2D eigenvalue weighted by atomic mass is 32.2. The summed E-state index contributed by atoms with van der Waals surface area (Å²) in [5.74, 6) is 4.48. The molecular formula is C23H27NO4S. The zero-order valence-electron chi connectivity index (χ0n) is 16.4. The summed E-state index contributed by atoms with van der Waals surface area (Å²) in [7, 11) is 0. The van der Waals surface area contributed by atoms with Crippen LogP contribution in [-0.4, -0.2) is 54.4 Å². The van der Waals surface area contributed by atoms with Gasteiger partial charge in [-0.05, 0) is 48.9 Å². The summed E-state index contributed by atoms with van der Waals surface area (Å²) in [6.07, 6.45) is 1.15. The van der Waals surface area contributed by atoms with Gasteiger partial charge in [-0.2, -0.15) is 0 Å². The summed E-state index contributed by atoms with van der Waals surface area (Å²) in [6.45, 7) is 3.55. The van der Waals surface area contributed by atoms with Crippen LogP contribution in [0.25, 0.3) is 0 Å². The molecule has 2 heterocycles. The highest BCUT2D eigenvalue weighted by Crippen LogP contribution is 2.40. The maximum Gasteiger partial charge on any atom is 0.231 e. The first-order valence-corrected chi connectivity index (χ1v) is 11.4. The van der Waals surface area contributed by atoms with Gasteiger partial charge in [0.1, 0.15) is 11.9 Å². The van der Waals surface area contributed by atoms with Gasteiger partial charge < -0.3 is 24.2 Å². The van der Waals surface area contributed by atoms with E-state index >= 15 is 0 Å². The van der Waals surface area contributed by atoms with Crippen molar-refractivity contribution in [1.82, 2.24) is 4.90 Å². The average molecular weight is 414 g/mol. The van der Waals surface area contributed by atoms with Gasteiger partial charge in [0.15, 0.2) is 11.5 Å². The topological polar surface area (TPSA) is 51.2 Å². The molecule has 0 bridgehead atoms. The fraction of sp³-hybridized carbons (Fsp3) is 0.478. The SMILES string of the molecule is O[C@@H]1C[C@H]2CN(CCSc3ccccc3)C[C@H]2C[C@H]1Oc1ccc2c(c1)OCO2. The van der Waals surface area contributed by atoms with Crippen molar-refractivity contribution < 1.29 is 19.3 Å².